The molecule has 0 bridgehead atoms. The molecule has 0 aliphatic carbocycles. The Morgan fingerprint density at radius 2 is 1.79 bits per heavy atom. The molecule has 0 atom stereocenters. The predicted molar refractivity (Wildman–Crippen MR) is 119 cm³/mol. The van der Waals surface area contributed by atoms with Crippen molar-refractivity contribution in [3.05, 3.63) is 83.9 Å². The Morgan fingerprint density at radius 3 is 2.58 bits per heavy atom. The fourth-order valence-electron chi connectivity index (χ4n) is 4.00. The van der Waals surface area contributed by atoms with Gasteiger partial charge in [-0.1, -0.05) is 35.5 Å². The molecule has 3 heterocycles. The van der Waals surface area contributed by atoms with Gasteiger partial charge < -0.3 is 13.8 Å². The number of piperazine rings is 1. The molecule has 168 valence electrons. The van der Waals surface area contributed by atoms with Crippen molar-refractivity contribution in [2.24, 2.45) is 0 Å². The van der Waals surface area contributed by atoms with Crippen LogP contribution in [-0.2, 0) is 17.8 Å². The highest BCUT2D eigenvalue weighted by Gasteiger charge is 2.21. The predicted octanol–water partition coefficient (Wildman–Crippen LogP) is 4.02. The van der Waals surface area contributed by atoms with Crippen molar-refractivity contribution in [3.8, 4) is 23.0 Å². The number of hydrogen-bond donors (Lipinski definition) is 0. The maximum Gasteiger partial charge on any atom is 0.293 e. The quantitative estimate of drug-likeness (QED) is 0.445. The minimum atomic E-state index is -0.314. The Labute approximate surface area is 190 Å². The van der Waals surface area contributed by atoms with E-state index in [1.165, 1.54) is 12.1 Å². The van der Waals surface area contributed by atoms with Crippen molar-refractivity contribution in [2.75, 3.05) is 26.2 Å². The Bertz CT molecular complexity index is 1230. The van der Waals surface area contributed by atoms with Crippen LogP contribution >= 0.6 is 0 Å². The number of amides is 1. The van der Waals surface area contributed by atoms with Gasteiger partial charge in [0.25, 0.3) is 5.89 Å². The maximum atomic E-state index is 13.4. The zero-order valence-electron chi connectivity index (χ0n) is 18.0. The monoisotopic (exact) mass is 446 g/mol. The maximum absolute atomic E-state index is 13.4. The second-order valence-electron chi connectivity index (χ2n) is 8.06. The van der Waals surface area contributed by atoms with E-state index in [-0.39, 0.29) is 18.1 Å². The van der Waals surface area contributed by atoms with E-state index >= 15 is 0 Å². The summed E-state index contributed by atoms with van der Waals surface area (Å²) in [7, 11) is 0. The molecule has 2 aromatic heterocycles. The van der Waals surface area contributed by atoms with Crippen LogP contribution in [0.3, 0.4) is 0 Å². The Morgan fingerprint density at radius 1 is 0.970 bits per heavy atom. The molecule has 2 aromatic carbocycles. The highest BCUT2D eigenvalue weighted by Crippen LogP contribution is 2.23. The molecular formula is C25H23FN4O3. The van der Waals surface area contributed by atoms with Crippen molar-refractivity contribution >= 4 is 5.91 Å². The number of hydrogen-bond acceptors (Lipinski definition) is 6. The molecule has 0 saturated carbocycles. The van der Waals surface area contributed by atoms with Gasteiger partial charge in [0.15, 0.2) is 5.76 Å². The average Bonchev–Trinajstić information content (AvgIpc) is 3.52. The second kappa shape index (κ2) is 9.38. The summed E-state index contributed by atoms with van der Waals surface area (Å²) in [6.07, 6.45) is 1.79. The number of halogens is 1. The smallest absolute Gasteiger partial charge is 0.293 e. The Kier molecular flexibility index (Phi) is 5.99. The van der Waals surface area contributed by atoms with E-state index in [0.29, 0.717) is 36.1 Å². The van der Waals surface area contributed by atoms with Crippen LogP contribution in [0.1, 0.15) is 11.1 Å². The molecule has 0 N–H and O–H groups in total. The van der Waals surface area contributed by atoms with E-state index in [0.717, 1.165) is 30.8 Å². The summed E-state index contributed by atoms with van der Waals surface area (Å²) in [6, 6.07) is 17.8. The van der Waals surface area contributed by atoms with Gasteiger partial charge in [-0.05, 0) is 41.5 Å². The SMILES string of the molecule is O=C(Cc1cccc(F)c1)N1CCN(Cc2cccc(-c3noc(-c4ccco4)n3)c2)CC1. The molecule has 1 aliphatic heterocycles. The van der Waals surface area contributed by atoms with Crippen molar-refractivity contribution in [1.29, 1.82) is 0 Å². The van der Waals surface area contributed by atoms with Gasteiger partial charge in [0.1, 0.15) is 5.82 Å². The lowest BCUT2D eigenvalue weighted by Gasteiger charge is -2.35. The number of carbonyl (C=O) groups is 1. The number of aromatic nitrogens is 2. The van der Waals surface area contributed by atoms with E-state index in [1.807, 2.05) is 17.0 Å². The van der Waals surface area contributed by atoms with Gasteiger partial charge in [0, 0.05) is 38.3 Å². The van der Waals surface area contributed by atoms with Crippen LogP contribution in [0.15, 0.2) is 75.9 Å². The molecule has 7 nitrogen and oxygen atoms in total. The molecule has 1 aliphatic rings. The van der Waals surface area contributed by atoms with Crippen LogP contribution in [-0.4, -0.2) is 52.0 Å². The third kappa shape index (κ3) is 5.01. The van der Waals surface area contributed by atoms with Crippen LogP contribution in [0.25, 0.3) is 23.0 Å². The number of furan rings is 1. The van der Waals surface area contributed by atoms with Crippen molar-refractivity contribution in [1.82, 2.24) is 19.9 Å². The van der Waals surface area contributed by atoms with E-state index in [9.17, 15) is 9.18 Å². The van der Waals surface area contributed by atoms with Crippen LogP contribution < -0.4 is 0 Å². The molecule has 8 heteroatoms. The number of carbonyl (C=O) groups excluding carboxylic acids is 1. The molecule has 1 saturated heterocycles. The lowest BCUT2D eigenvalue weighted by molar-refractivity contribution is -0.132. The van der Waals surface area contributed by atoms with E-state index in [4.69, 9.17) is 8.94 Å². The molecule has 33 heavy (non-hydrogen) atoms. The van der Waals surface area contributed by atoms with Gasteiger partial charge in [-0.3, -0.25) is 9.69 Å². The molecule has 5 rings (SSSR count). The van der Waals surface area contributed by atoms with Crippen molar-refractivity contribution < 1.29 is 18.1 Å². The van der Waals surface area contributed by atoms with Gasteiger partial charge in [-0.15, -0.1) is 0 Å². The third-order valence-corrected chi connectivity index (χ3v) is 5.72. The number of nitrogens with zero attached hydrogens (tertiary/aromatic N) is 4. The molecule has 4 aromatic rings. The zero-order chi connectivity index (χ0) is 22.6. The highest BCUT2D eigenvalue weighted by molar-refractivity contribution is 5.78. The normalized spacial score (nSPS) is 14.5. The zero-order valence-corrected chi connectivity index (χ0v) is 18.0. The van der Waals surface area contributed by atoms with Crippen molar-refractivity contribution in [2.45, 2.75) is 13.0 Å². The van der Waals surface area contributed by atoms with Gasteiger partial charge in [-0.2, -0.15) is 4.98 Å². The van der Waals surface area contributed by atoms with Gasteiger partial charge in [0.05, 0.1) is 12.7 Å². The number of rotatable bonds is 6. The summed E-state index contributed by atoms with van der Waals surface area (Å²) >= 11 is 0. The summed E-state index contributed by atoms with van der Waals surface area (Å²) in [4.78, 5) is 21.2. The Hall–Kier alpha value is -3.78. The van der Waals surface area contributed by atoms with E-state index in [2.05, 4.69) is 27.2 Å². The van der Waals surface area contributed by atoms with Gasteiger partial charge in [-0.25, -0.2) is 4.39 Å². The second-order valence-corrected chi connectivity index (χ2v) is 8.06. The molecule has 1 fully saturated rings. The van der Waals surface area contributed by atoms with E-state index in [1.54, 1.807) is 30.5 Å². The molecule has 0 radical (unpaired) electrons. The highest BCUT2D eigenvalue weighted by atomic mass is 19.1. The first-order valence-corrected chi connectivity index (χ1v) is 10.9. The summed E-state index contributed by atoms with van der Waals surface area (Å²) < 4.78 is 24.0. The van der Waals surface area contributed by atoms with Gasteiger partial charge >= 0.3 is 0 Å². The van der Waals surface area contributed by atoms with Gasteiger partial charge in [0.2, 0.25) is 11.7 Å². The Balaban J connectivity index is 1.17. The average molecular weight is 446 g/mol. The van der Waals surface area contributed by atoms with Crippen LogP contribution in [0, 0.1) is 5.82 Å². The summed E-state index contributed by atoms with van der Waals surface area (Å²) in [5.41, 5.74) is 2.71. The van der Waals surface area contributed by atoms with Crippen molar-refractivity contribution in [3.63, 3.8) is 0 Å². The lowest BCUT2D eigenvalue weighted by atomic mass is 10.1. The molecular weight excluding hydrogens is 423 g/mol. The largest absolute Gasteiger partial charge is 0.459 e. The van der Waals surface area contributed by atoms with Crippen LogP contribution in [0.5, 0.6) is 0 Å². The fourth-order valence-corrected chi connectivity index (χ4v) is 4.00. The number of benzene rings is 2. The first-order chi connectivity index (χ1) is 16.1. The standard InChI is InChI=1S/C25H23FN4O3/c26-21-7-2-4-18(15-21)16-23(31)30-11-9-29(10-12-30)17-19-5-1-6-20(14-19)24-27-25(33-28-24)22-8-3-13-32-22/h1-8,13-15H,9-12,16-17H2. The topological polar surface area (TPSA) is 75.6 Å². The molecule has 0 unspecified atom stereocenters. The minimum absolute atomic E-state index is 0.0340. The summed E-state index contributed by atoms with van der Waals surface area (Å²) in [5, 5.41) is 4.07. The summed E-state index contributed by atoms with van der Waals surface area (Å²) in [6.45, 7) is 3.65. The lowest BCUT2D eigenvalue weighted by Crippen LogP contribution is -2.48. The first-order valence-electron chi connectivity index (χ1n) is 10.9. The minimum Gasteiger partial charge on any atom is -0.459 e. The van der Waals surface area contributed by atoms with E-state index < -0.39 is 0 Å². The fraction of sp³-hybridized carbons (Fsp3) is 0.240. The molecule has 1 amide bonds. The van der Waals surface area contributed by atoms with Crippen LogP contribution in [0.2, 0.25) is 0 Å². The molecule has 0 spiro atoms. The third-order valence-electron chi connectivity index (χ3n) is 5.72. The first kappa shape index (κ1) is 21.1. The van der Waals surface area contributed by atoms with Crippen LogP contribution in [0.4, 0.5) is 4.39 Å². The summed E-state index contributed by atoms with van der Waals surface area (Å²) in [5.74, 6) is 1.11.